The molecule has 1 aliphatic rings. The van der Waals surface area contributed by atoms with Crippen LogP contribution in [0.3, 0.4) is 0 Å². The van der Waals surface area contributed by atoms with Crippen LogP contribution in [-0.4, -0.2) is 6.18 Å². The van der Waals surface area contributed by atoms with Crippen molar-refractivity contribution in [1.29, 1.82) is 0 Å². The lowest BCUT2D eigenvalue weighted by Gasteiger charge is -2.39. The van der Waals surface area contributed by atoms with Crippen LogP contribution in [0.25, 0.3) is 0 Å². The van der Waals surface area contributed by atoms with E-state index in [9.17, 15) is 13.2 Å². The summed E-state index contributed by atoms with van der Waals surface area (Å²) in [7, 11) is 0. The van der Waals surface area contributed by atoms with Gasteiger partial charge in [-0.25, -0.2) is 0 Å². The Kier molecular flexibility index (Phi) is 5.13. The first kappa shape index (κ1) is 15.8. The van der Waals surface area contributed by atoms with Crippen molar-refractivity contribution < 1.29 is 13.2 Å². The van der Waals surface area contributed by atoms with Crippen LogP contribution >= 0.6 is 0 Å². The molecule has 0 bridgehead atoms. The SMILES string of the molecule is CCC(C)CC1(C(F)(F)F)CC(C)CCC(C)C1. The molecule has 1 aliphatic carbocycles. The molecule has 1 fully saturated rings. The molecule has 1 rings (SSSR count). The Hall–Kier alpha value is -0.210. The summed E-state index contributed by atoms with van der Waals surface area (Å²) in [6, 6.07) is 0. The van der Waals surface area contributed by atoms with Crippen molar-refractivity contribution >= 4 is 0 Å². The lowest BCUT2D eigenvalue weighted by atomic mass is 9.69. The molecule has 0 N–H and O–H groups in total. The van der Waals surface area contributed by atoms with E-state index in [0.717, 1.165) is 19.3 Å². The number of hydrogen-bond acceptors (Lipinski definition) is 0. The normalized spacial score (nSPS) is 36.2. The third-order valence-corrected chi connectivity index (χ3v) is 4.67. The molecule has 0 saturated heterocycles. The maximum absolute atomic E-state index is 13.6. The molecule has 0 aromatic carbocycles. The van der Waals surface area contributed by atoms with Crippen LogP contribution in [0, 0.1) is 23.2 Å². The van der Waals surface area contributed by atoms with E-state index in [1.807, 2.05) is 27.7 Å². The number of hydrogen-bond donors (Lipinski definition) is 0. The first-order chi connectivity index (χ1) is 8.20. The monoisotopic (exact) mass is 264 g/mol. The summed E-state index contributed by atoms with van der Waals surface area (Å²) in [6.45, 7) is 7.90. The molecule has 0 aromatic heterocycles. The average molecular weight is 264 g/mol. The first-order valence-electron chi connectivity index (χ1n) is 7.27. The molecule has 108 valence electrons. The van der Waals surface area contributed by atoms with Crippen molar-refractivity contribution in [1.82, 2.24) is 0 Å². The van der Waals surface area contributed by atoms with Crippen molar-refractivity contribution in [2.75, 3.05) is 0 Å². The Morgan fingerprint density at radius 2 is 1.56 bits per heavy atom. The molecule has 0 aromatic rings. The van der Waals surface area contributed by atoms with E-state index in [0.29, 0.717) is 19.3 Å². The summed E-state index contributed by atoms with van der Waals surface area (Å²) >= 11 is 0. The fraction of sp³-hybridized carbons (Fsp3) is 1.00. The molecule has 0 nitrogen and oxygen atoms in total. The summed E-state index contributed by atoms with van der Waals surface area (Å²) in [5.74, 6) is 0.547. The highest BCUT2D eigenvalue weighted by Crippen LogP contribution is 2.54. The van der Waals surface area contributed by atoms with Gasteiger partial charge in [-0.1, -0.05) is 47.0 Å². The van der Waals surface area contributed by atoms with Gasteiger partial charge in [0, 0.05) is 0 Å². The minimum absolute atomic E-state index is 0.157. The zero-order valence-electron chi connectivity index (χ0n) is 12.1. The predicted octanol–water partition coefficient (Wildman–Crippen LogP) is 5.82. The van der Waals surface area contributed by atoms with E-state index in [1.54, 1.807) is 0 Å². The van der Waals surface area contributed by atoms with Gasteiger partial charge in [-0.15, -0.1) is 0 Å². The second-order valence-corrected chi connectivity index (χ2v) is 6.69. The summed E-state index contributed by atoms with van der Waals surface area (Å²) < 4.78 is 40.9. The Morgan fingerprint density at radius 3 is 1.89 bits per heavy atom. The molecule has 0 spiro atoms. The van der Waals surface area contributed by atoms with E-state index >= 15 is 0 Å². The molecule has 18 heavy (non-hydrogen) atoms. The second kappa shape index (κ2) is 5.83. The Bertz CT molecular complexity index is 245. The zero-order chi connectivity index (χ0) is 14.0. The van der Waals surface area contributed by atoms with Gasteiger partial charge in [0.2, 0.25) is 0 Å². The first-order valence-corrected chi connectivity index (χ1v) is 7.27. The summed E-state index contributed by atoms with van der Waals surface area (Å²) in [5, 5.41) is 0. The predicted molar refractivity (Wildman–Crippen MR) is 69.4 cm³/mol. The standard InChI is InChI=1S/C15H27F3/c1-5-11(2)8-14(15(16,17)18)9-12(3)6-7-13(4)10-14/h11-13H,5-10H2,1-4H3. The number of alkyl halides is 3. The molecule has 0 aliphatic heterocycles. The van der Waals surface area contributed by atoms with Crippen LogP contribution in [0.4, 0.5) is 13.2 Å². The third-order valence-electron chi connectivity index (χ3n) is 4.67. The van der Waals surface area contributed by atoms with Crippen LogP contribution in [0.5, 0.6) is 0 Å². The highest BCUT2D eigenvalue weighted by Gasteiger charge is 2.55. The van der Waals surface area contributed by atoms with Gasteiger partial charge in [-0.3, -0.25) is 0 Å². The van der Waals surface area contributed by atoms with Gasteiger partial charge in [-0.2, -0.15) is 13.2 Å². The van der Waals surface area contributed by atoms with E-state index in [-0.39, 0.29) is 17.8 Å². The summed E-state index contributed by atoms with van der Waals surface area (Å²) in [5.41, 5.74) is -1.43. The lowest BCUT2D eigenvalue weighted by Crippen LogP contribution is -2.41. The summed E-state index contributed by atoms with van der Waals surface area (Å²) in [4.78, 5) is 0. The molecule has 0 amide bonds. The highest BCUT2D eigenvalue weighted by atomic mass is 19.4. The van der Waals surface area contributed by atoms with Gasteiger partial charge in [0.1, 0.15) is 0 Å². The van der Waals surface area contributed by atoms with Crippen molar-refractivity contribution in [3.8, 4) is 0 Å². The van der Waals surface area contributed by atoms with Gasteiger partial charge in [0.05, 0.1) is 5.41 Å². The topological polar surface area (TPSA) is 0 Å². The van der Waals surface area contributed by atoms with Crippen LogP contribution < -0.4 is 0 Å². The molecule has 0 heterocycles. The minimum atomic E-state index is -4.05. The van der Waals surface area contributed by atoms with Crippen molar-refractivity contribution in [2.24, 2.45) is 23.2 Å². The molecular weight excluding hydrogens is 237 g/mol. The fourth-order valence-corrected chi connectivity index (χ4v) is 3.52. The van der Waals surface area contributed by atoms with Crippen molar-refractivity contribution in [3.05, 3.63) is 0 Å². The number of halogens is 3. The fourth-order valence-electron chi connectivity index (χ4n) is 3.52. The maximum atomic E-state index is 13.6. The zero-order valence-corrected chi connectivity index (χ0v) is 12.1. The largest absolute Gasteiger partial charge is 0.394 e. The van der Waals surface area contributed by atoms with Gasteiger partial charge in [0.25, 0.3) is 0 Å². The van der Waals surface area contributed by atoms with E-state index in [4.69, 9.17) is 0 Å². The Morgan fingerprint density at radius 1 is 1.11 bits per heavy atom. The molecule has 0 radical (unpaired) electrons. The van der Waals surface area contributed by atoms with Gasteiger partial charge in [-0.05, 0) is 37.0 Å². The molecule has 3 unspecified atom stereocenters. The lowest BCUT2D eigenvalue weighted by molar-refractivity contribution is -0.240. The van der Waals surface area contributed by atoms with E-state index < -0.39 is 11.6 Å². The Balaban J connectivity index is 3.00. The minimum Gasteiger partial charge on any atom is -0.171 e. The van der Waals surface area contributed by atoms with Crippen molar-refractivity contribution in [2.45, 2.75) is 72.4 Å². The third kappa shape index (κ3) is 3.64. The molecule has 3 atom stereocenters. The molecule has 1 saturated carbocycles. The Labute approximate surface area is 109 Å². The quantitative estimate of drug-likeness (QED) is 0.564. The van der Waals surface area contributed by atoms with Crippen LogP contribution in [-0.2, 0) is 0 Å². The summed E-state index contributed by atoms with van der Waals surface area (Å²) in [6.07, 6.45) is -0.374. The van der Waals surface area contributed by atoms with Gasteiger partial charge < -0.3 is 0 Å². The van der Waals surface area contributed by atoms with Gasteiger partial charge in [0.15, 0.2) is 0 Å². The maximum Gasteiger partial charge on any atom is 0.394 e. The number of rotatable bonds is 3. The molecular formula is C15H27F3. The van der Waals surface area contributed by atoms with Crippen molar-refractivity contribution in [3.63, 3.8) is 0 Å². The highest BCUT2D eigenvalue weighted by molar-refractivity contribution is 4.92. The average Bonchev–Trinajstić information content (AvgIpc) is 2.37. The smallest absolute Gasteiger partial charge is 0.171 e. The van der Waals surface area contributed by atoms with Crippen LogP contribution in [0.2, 0.25) is 0 Å². The van der Waals surface area contributed by atoms with Gasteiger partial charge >= 0.3 is 6.18 Å². The van der Waals surface area contributed by atoms with E-state index in [1.165, 1.54) is 0 Å². The van der Waals surface area contributed by atoms with Crippen LogP contribution in [0.1, 0.15) is 66.2 Å². The van der Waals surface area contributed by atoms with E-state index in [2.05, 4.69) is 0 Å². The second-order valence-electron chi connectivity index (χ2n) is 6.69. The molecule has 3 heteroatoms. The van der Waals surface area contributed by atoms with Crippen LogP contribution in [0.15, 0.2) is 0 Å².